The molecule has 1 fully saturated rings. The van der Waals surface area contributed by atoms with Gasteiger partial charge in [-0.1, -0.05) is 24.3 Å². The fourth-order valence-corrected chi connectivity index (χ4v) is 3.10. The zero-order valence-electron chi connectivity index (χ0n) is 14.7. The van der Waals surface area contributed by atoms with Gasteiger partial charge in [-0.15, -0.1) is 6.58 Å². The number of carbonyl (C=O) groups excluding carboxylic acids is 2. The quantitative estimate of drug-likeness (QED) is 0.202. The molecule has 0 radical (unpaired) electrons. The second kappa shape index (κ2) is 7.97. The van der Waals surface area contributed by atoms with E-state index in [1.165, 1.54) is 23.1 Å². The summed E-state index contributed by atoms with van der Waals surface area (Å²) in [6.45, 7) is 3.97. The number of rotatable bonds is 6. The van der Waals surface area contributed by atoms with E-state index in [0.29, 0.717) is 11.3 Å². The third-order valence-electron chi connectivity index (χ3n) is 4.18. The van der Waals surface area contributed by atoms with Crippen molar-refractivity contribution in [3.05, 3.63) is 82.2 Å². The molecular formula is C19H16N4O4S. The van der Waals surface area contributed by atoms with Crippen LogP contribution in [0.15, 0.2) is 60.8 Å². The zero-order chi connectivity index (χ0) is 20.3. The Morgan fingerprint density at radius 3 is 2.68 bits per heavy atom. The van der Waals surface area contributed by atoms with Crippen LogP contribution < -0.4 is 5.32 Å². The number of nitrogens with one attached hydrogen (secondary N) is 1. The first-order chi connectivity index (χ1) is 13.4. The molecule has 2 aromatic rings. The lowest BCUT2D eigenvalue weighted by molar-refractivity contribution is -0.385. The third kappa shape index (κ3) is 3.74. The van der Waals surface area contributed by atoms with Crippen molar-refractivity contribution in [2.24, 2.45) is 0 Å². The van der Waals surface area contributed by atoms with Gasteiger partial charge in [-0.2, -0.15) is 0 Å². The molecule has 3 rings (SSSR count). The van der Waals surface area contributed by atoms with Crippen molar-refractivity contribution in [2.45, 2.75) is 6.54 Å². The maximum atomic E-state index is 12.6. The molecule has 0 unspecified atom stereocenters. The highest BCUT2D eigenvalue weighted by atomic mass is 32.1. The Morgan fingerprint density at radius 1 is 1.21 bits per heavy atom. The first-order valence-corrected chi connectivity index (χ1v) is 8.70. The van der Waals surface area contributed by atoms with Crippen LogP contribution in [0.5, 0.6) is 0 Å². The maximum absolute atomic E-state index is 12.6. The SMILES string of the molecule is C=CCN1C(=O)C(=Cc2cccn2Cc2ccccc2[N+](=O)[O-])C(=O)NC1=S. The van der Waals surface area contributed by atoms with Gasteiger partial charge in [-0.05, 0) is 30.4 Å². The number of hydrogen-bond acceptors (Lipinski definition) is 5. The highest BCUT2D eigenvalue weighted by molar-refractivity contribution is 7.80. The number of para-hydroxylation sites is 1. The van der Waals surface area contributed by atoms with Gasteiger partial charge < -0.3 is 4.57 Å². The molecule has 1 saturated heterocycles. The topological polar surface area (TPSA) is 97.5 Å². The third-order valence-corrected chi connectivity index (χ3v) is 4.51. The summed E-state index contributed by atoms with van der Waals surface area (Å²) in [5.74, 6) is -1.11. The van der Waals surface area contributed by atoms with Crippen LogP contribution >= 0.6 is 12.2 Å². The molecule has 1 aliphatic heterocycles. The van der Waals surface area contributed by atoms with Crippen LogP contribution in [0.4, 0.5) is 5.69 Å². The van der Waals surface area contributed by atoms with Gasteiger partial charge in [0.05, 0.1) is 11.5 Å². The van der Waals surface area contributed by atoms with Crippen LogP contribution in [-0.4, -0.2) is 37.9 Å². The summed E-state index contributed by atoms with van der Waals surface area (Å²) < 4.78 is 1.72. The molecule has 1 aromatic carbocycles. The Kier molecular flexibility index (Phi) is 5.46. The molecule has 0 bridgehead atoms. The van der Waals surface area contributed by atoms with Gasteiger partial charge in [0.1, 0.15) is 5.57 Å². The van der Waals surface area contributed by atoms with Crippen LogP contribution in [0.25, 0.3) is 6.08 Å². The van der Waals surface area contributed by atoms with Gasteiger partial charge in [-0.3, -0.25) is 29.9 Å². The first kappa shape index (κ1) is 19.2. The molecule has 0 atom stereocenters. The summed E-state index contributed by atoms with van der Waals surface area (Å²) in [6, 6.07) is 9.87. The minimum Gasteiger partial charge on any atom is -0.343 e. The zero-order valence-corrected chi connectivity index (χ0v) is 15.5. The number of carbonyl (C=O) groups is 2. The molecule has 0 spiro atoms. The number of nitro groups is 1. The van der Waals surface area contributed by atoms with E-state index in [0.717, 1.165) is 0 Å². The number of nitrogens with zero attached hydrogens (tertiary/aromatic N) is 3. The summed E-state index contributed by atoms with van der Waals surface area (Å²) >= 11 is 5.03. The summed E-state index contributed by atoms with van der Waals surface area (Å²) in [4.78, 5) is 36.9. The average molecular weight is 396 g/mol. The average Bonchev–Trinajstić information content (AvgIpc) is 3.09. The van der Waals surface area contributed by atoms with Gasteiger partial charge in [0, 0.05) is 30.1 Å². The van der Waals surface area contributed by atoms with E-state index in [1.54, 1.807) is 41.1 Å². The summed E-state index contributed by atoms with van der Waals surface area (Å²) in [5, 5.41) is 13.7. The van der Waals surface area contributed by atoms with E-state index in [9.17, 15) is 19.7 Å². The summed E-state index contributed by atoms with van der Waals surface area (Å²) in [6.07, 6.45) is 4.68. The molecule has 2 amide bonds. The predicted molar refractivity (Wildman–Crippen MR) is 107 cm³/mol. The Labute approximate surface area is 165 Å². The lowest BCUT2D eigenvalue weighted by Crippen LogP contribution is -2.53. The highest BCUT2D eigenvalue weighted by Crippen LogP contribution is 2.21. The van der Waals surface area contributed by atoms with E-state index in [-0.39, 0.29) is 29.5 Å². The normalized spacial score (nSPS) is 15.6. The lowest BCUT2D eigenvalue weighted by Gasteiger charge is -2.27. The number of amides is 2. The van der Waals surface area contributed by atoms with Crippen molar-refractivity contribution in [1.29, 1.82) is 0 Å². The molecule has 8 nitrogen and oxygen atoms in total. The van der Waals surface area contributed by atoms with Gasteiger partial charge in [0.2, 0.25) is 0 Å². The van der Waals surface area contributed by atoms with Gasteiger partial charge in [0.15, 0.2) is 5.11 Å². The Morgan fingerprint density at radius 2 is 1.96 bits per heavy atom. The van der Waals surface area contributed by atoms with E-state index in [4.69, 9.17) is 12.2 Å². The standard InChI is InChI=1S/C19H16N4O4S/c1-2-9-22-18(25)15(17(24)20-19(22)28)11-14-7-5-10-21(14)12-13-6-3-4-8-16(13)23(26)27/h2-8,10-11H,1,9,12H2,(H,20,24,28). The van der Waals surface area contributed by atoms with Crippen LogP contribution in [-0.2, 0) is 16.1 Å². The van der Waals surface area contributed by atoms with Crippen LogP contribution in [0.1, 0.15) is 11.3 Å². The van der Waals surface area contributed by atoms with Crippen LogP contribution in [0.3, 0.4) is 0 Å². The molecule has 1 aromatic heterocycles. The number of hydrogen-bond donors (Lipinski definition) is 1. The largest absolute Gasteiger partial charge is 0.343 e. The molecule has 28 heavy (non-hydrogen) atoms. The van der Waals surface area contributed by atoms with Gasteiger partial charge >= 0.3 is 0 Å². The first-order valence-electron chi connectivity index (χ1n) is 8.29. The second-order valence-electron chi connectivity index (χ2n) is 5.97. The molecule has 1 N–H and O–H groups in total. The number of aromatic nitrogens is 1. The second-order valence-corrected chi connectivity index (χ2v) is 6.36. The number of nitro benzene ring substituents is 1. The van der Waals surface area contributed by atoms with Crippen molar-refractivity contribution in [2.75, 3.05) is 6.54 Å². The lowest BCUT2D eigenvalue weighted by atomic mass is 10.1. The van der Waals surface area contributed by atoms with Gasteiger partial charge in [0.25, 0.3) is 17.5 Å². The fourth-order valence-electron chi connectivity index (χ4n) is 2.85. The Hall–Kier alpha value is -3.59. The van der Waals surface area contributed by atoms with Crippen molar-refractivity contribution < 1.29 is 14.5 Å². The summed E-state index contributed by atoms with van der Waals surface area (Å²) in [7, 11) is 0. The molecule has 9 heteroatoms. The Balaban J connectivity index is 1.95. The van der Waals surface area contributed by atoms with Crippen molar-refractivity contribution in [1.82, 2.24) is 14.8 Å². The number of benzene rings is 1. The molecule has 0 saturated carbocycles. The highest BCUT2D eigenvalue weighted by Gasteiger charge is 2.32. The van der Waals surface area contributed by atoms with E-state index >= 15 is 0 Å². The van der Waals surface area contributed by atoms with Crippen LogP contribution in [0.2, 0.25) is 0 Å². The minimum absolute atomic E-state index is 0.00351. The van der Waals surface area contributed by atoms with E-state index < -0.39 is 16.7 Å². The van der Waals surface area contributed by atoms with Crippen molar-refractivity contribution in [3.63, 3.8) is 0 Å². The van der Waals surface area contributed by atoms with E-state index in [1.807, 2.05) is 0 Å². The minimum atomic E-state index is -0.589. The molecular weight excluding hydrogens is 380 g/mol. The maximum Gasteiger partial charge on any atom is 0.274 e. The van der Waals surface area contributed by atoms with Gasteiger partial charge in [-0.25, -0.2) is 0 Å². The molecule has 1 aliphatic rings. The predicted octanol–water partition coefficient (Wildman–Crippen LogP) is 2.26. The Bertz CT molecular complexity index is 1020. The van der Waals surface area contributed by atoms with Crippen molar-refractivity contribution >= 4 is 40.9 Å². The summed E-state index contributed by atoms with van der Waals surface area (Å²) in [5.41, 5.74) is 1.00. The fraction of sp³-hybridized carbons (Fsp3) is 0.105. The van der Waals surface area contributed by atoms with Crippen molar-refractivity contribution in [3.8, 4) is 0 Å². The molecule has 142 valence electrons. The van der Waals surface area contributed by atoms with E-state index in [2.05, 4.69) is 11.9 Å². The molecule has 0 aliphatic carbocycles. The smallest absolute Gasteiger partial charge is 0.274 e. The molecule has 2 heterocycles. The number of thiocarbonyl (C=S) groups is 1. The van der Waals surface area contributed by atoms with Crippen LogP contribution in [0, 0.1) is 10.1 Å². The monoisotopic (exact) mass is 396 g/mol.